The van der Waals surface area contributed by atoms with E-state index in [1.807, 2.05) is 4.90 Å². The fourth-order valence-electron chi connectivity index (χ4n) is 4.68. The minimum Gasteiger partial charge on any atom is -0.378 e. The summed E-state index contributed by atoms with van der Waals surface area (Å²) in [6, 6.07) is -2.80. The molecule has 0 aromatic carbocycles. The molecule has 3 amide bonds. The SMILES string of the molecule is CC(C)C(NC(=O)c1csc(N2CCOCC2)n1)C(=O)N1CCC[C@H]1C(=O)N[C@@H](CCCNC(=N)N)C(=O)CF. The first kappa shape index (κ1) is 31.2. The Bertz CT molecular complexity index is 1060. The summed E-state index contributed by atoms with van der Waals surface area (Å²) in [5.74, 6) is -2.68. The molecule has 0 bridgehead atoms. The Morgan fingerprint density at radius 3 is 2.60 bits per heavy atom. The van der Waals surface area contributed by atoms with Crippen molar-refractivity contribution in [2.75, 3.05) is 51.0 Å². The molecule has 0 aliphatic carbocycles. The number of amides is 3. The lowest BCUT2D eigenvalue weighted by molar-refractivity contribution is -0.141. The normalized spacial score (nSPS) is 18.8. The van der Waals surface area contributed by atoms with Crippen molar-refractivity contribution in [3.05, 3.63) is 11.1 Å². The summed E-state index contributed by atoms with van der Waals surface area (Å²) in [5.41, 5.74) is 5.46. The molecule has 40 heavy (non-hydrogen) atoms. The molecule has 3 atom stereocenters. The molecule has 0 radical (unpaired) electrons. The molecular weight excluding hydrogens is 543 g/mol. The number of halogens is 1. The summed E-state index contributed by atoms with van der Waals surface area (Å²) >= 11 is 1.35. The molecular formula is C25H39FN8O5S. The van der Waals surface area contributed by atoms with Gasteiger partial charge in [-0.05, 0) is 31.6 Å². The summed E-state index contributed by atoms with van der Waals surface area (Å²) in [7, 11) is 0. The maximum absolute atomic E-state index is 13.6. The monoisotopic (exact) mass is 582 g/mol. The zero-order chi connectivity index (χ0) is 29.2. The van der Waals surface area contributed by atoms with Crippen LogP contribution in [0.15, 0.2) is 5.38 Å². The number of Topliss-reactive ketones (excluding diaryl/α,β-unsaturated/α-hetero) is 1. The summed E-state index contributed by atoms with van der Waals surface area (Å²) in [5, 5.41) is 17.6. The van der Waals surface area contributed by atoms with Crippen LogP contribution in [0, 0.1) is 11.3 Å². The Balaban J connectivity index is 1.64. The number of carbonyl (C=O) groups excluding carboxylic acids is 4. The molecule has 2 aliphatic rings. The first-order chi connectivity index (χ1) is 19.1. The summed E-state index contributed by atoms with van der Waals surface area (Å²) in [6.45, 7) is 5.55. The highest BCUT2D eigenvalue weighted by molar-refractivity contribution is 7.13. The minimum absolute atomic E-state index is 0.153. The zero-order valence-corrected chi connectivity index (χ0v) is 23.7. The molecule has 0 saturated carbocycles. The van der Waals surface area contributed by atoms with E-state index in [0.717, 1.165) is 0 Å². The molecule has 222 valence electrons. The van der Waals surface area contributed by atoms with Crippen LogP contribution < -0.4 is 26.6 Å². The molecule has 2 fully saturated rings. The van der Waals surface area contributed by atoms with E-state index >= 15 is 0 Å². The van der Waals surface area contributed by atoms with Gasteiger partial charge in [0.2, 0.25) is 11.8 Å². The minimum atomic E-state index is -1.23. The standard InChI is InChI=1S/C25H39FN8O5S/c1-15(2)20(32-21(36)17-14-40-25(31-17)33-9-11-39-12-10-33)23(38)34-8-4-6-18(34)22(37)30-16(19(35)13-26)5-3-7-29-24(27)28/h14-16,18,20H,3-13H2,1-2H3,(H,30,37)(H,32,36)(H4,27,28,29)/t16-,18-,20?/m0/s1. The Labute approximate surface area is 236 Å². The van der Waals surface area contributed by atoms with Crippen molar-refractivity contribution in [3.8, 4) is 0 Å². The average molecular weight is 583 g/mol. The highest BCUT2D eigenvalue weighted by Crippen LogP contribution is 2.23. The number of ether oxygens (including phenoxy) is 1. The summed E-state index contributed by atoms with van der Waals surface area (Å²) < 4.78 is 18.5. The second-order valence-corrected chi connectivity index (χ2v) is 11.0. The van der Waals surface area contributed by atoms with Gasteiger partial charge < -0.3 is 36.2 Å². The lowest BCUT2D eigenvalue weighted by Crippen LogP contribution is -2.56. The third-order valence-corrected chi connectivity index (χ3v) is 7.79. The zero-order valence-electron chi connectivity index (χ0n) is 22.9. The Kier molecular flexibility index (Phi) is 11.6. The number of anilines is 1. The summed E-state index contributed by atoms with van der Waals surface area (Å²) in [4.78, 5) is 59.9. The molecule has 13 nitrogen and oxygen atoms in total. The van der Waals surface area contributed by atoms with Crippen LogP contribution in [0.25, 0.3) is 0 Å². The number of aromatic nitrogens is 1. The largest absolute Gasteiger partial charge is 0.378 e. The van der Waals surface area contributed by atoms with Crippen LogP contribution in [0.3, 0.4) is 0 Å². The van der Waals surface area contributed by atoms with Gasteiger partial charge in [-0.2, -0.15) is 0 Å². The van der Waals surface area contributed by atoms with Gasteiger partial charge >= 0.3 is 0 Å². The quantitative estimate of drug-likeness (QED) is 0.122. The van der Waals surface area contributed by atoms with E-state index in [1.54, 1.807) is 19.2 Å². The Hall–Kier alpha value is -3.33. The first-order valence-electron chi connectivity index (χ1n) is 13.5. The number of alkyl halides is 1. The maximum Gasteiger partial charge on any atom is 0.271 e. The fourth-order valence-corrected chi connectivity index (χ4v) is 5.54. The van der Waals surface area contributed by atoms with Crippen LogP contribution >= 0.6 is 11.3 Å². The highest BCUT2D eigenvalue weighted by Gasteiger charge is 2.39. The molecule has 1 unspecified atom stereocenters. The van der Waals surface area contributed by atoms with Gasteiger partial charge in [0.15, 0.2) is 16.9 Å². The van der Waals surface area contributed by atoms with Gasteiger partial charge in [-0.25, -0.2) is 9.37 Å². The van der Waals surface area contributed by atoms with Gasteiger partial charge in [-0.15, -0.1) is 11.3 Å². The van der Waals surface area contributed by atoms with Crippen molar-refractivity contribution in [2.45, 2.75) is 57.7 Å². The second-order valence-electron chi connectivity index (χ2n) is 10.1. The second kappa shape index (κ2) is 14.9. The van der Waals surface area contributed by atoms with Crippen LogP contribution in [0.1, 0.15) is 50.0 Å². The topological polar surface area (TPSA) is 183 Å². The highest BCUT2D eigenvalue weighted by atomic mass is 32.1. The number of hydrogen-bond donors (Lipinski definition) is 5. The predicted octanol–water partition coefficient (Wildman–Crippen LogP) is 0.0118. The van der Waals surface area contributed by atoms with Crippen molar-refractivity contribution in [3.63, 3.8) is 0 Å². The number of likely N-dealkylation sites (tertiary alicyclic amines) is 1. The molecule has 1 aromatic rings. The summed E-state index contributed by atoms with van der Waals surface area (Å²) in [6.07, 6.45) is 1.48. The van der Waals surface area contributed by atoms with Gasteiger partial charge in [0.1, 0.15) is 24.5 Å². The van der Waals surface area contributed by atoms with E-state index in [-0.39, 0.29) is 30.5 Å². The number of nitrogens with two attached hydrogens (primary N) is 1. The number of carbonyl (C=O) groups is 4. The first-order valence-corrected chi connectivity index (χ1v) is 14.4. The Morgan fingerprint density at radius 1 is 1.23 bits per heavy atom. The smallest absolute Gasteiger partial charge is 0.271 e. The number of thiazole rings is 1. The van der Waals surface area contributed by atoms with Crippen LogP contribution in [0.5, 0.6) is 0 Å². The number of ketones is 1. The maximum atomic E-state index is 13.6. The van der Waals surface area contributed by atoms with Crippen LogP contribution in [-0.4, -0.2) is 104 Å². The van der Waals surface area contributed by atoms with E-state index in [4.69, 9.17) is 15.9 Å². The molecule has 1 aromatic heterocycles. The molecule has 0 spiro atoms. The van der Waals surface area contributed by atoms with E-state index < -0.39 is 48.3 Å². The molecule has 3 rings (SSSR count). The van der Waals surface area contributed by atoms with Crippen molar-refractivity contribution in [1.82, 2.24) is 25.8 Å². The van der Waals surface area contributed by atoms with Crippen LogP contribution in [-0.2, 0) is 19.1 Å². The number of nitrogens with one attached hydrogen (secondary N) is 4. The molecule has 3 heterocycles. The third kappa shape index (κ3) is 8.34. The number of guanidine groups is 1. The Morgan fingerprint density at radius 2 is 1.95 bits per heavy atom. The van der Waals surface area contributed by atoms with E-state index in [0.29, 0.717) is 57.2 Å². The van der Waals surface area contributed by atoms with E-state index in [1.165, 1.54) is 16.2 Å². The van der Waals surface area contributed by atoms with Gasteiger partial charge in [-0.1, -0.05) is 13.8 Å². The van der Waals surface area contributed by atoms with Gasteiger partial charge in [0.05, 0.1) is 19.3 Å². The lowest BCUT2D eigenvalue weighted by atomic mass is 10.0. The predicted molar refractivity (Wildman–Crippen MR) is 148 cm³/mol. The number of rotatable bonds is 13. The molecule has 2 saturated heterocycles. The van der Waals surface area contributed by atoms with Gasteiger partial charge in [0, 0.05) is 31.6 Å². The van der Waals surface area contributed by atoms with Crippen LogP contribution in [0.2, 0.25) is 0 Å². The average Bonchev–Trinajstić information content (AvgIpc) is 3.63. The van der Waals surface area contributed by atoms with E-state index in [9.17, 15) is 23.6 Å². The number of morpholine rings is 1. The van der Waals surface area contributed by atoms with Crippen molar-refractivity contribution in [1.29, 1.82) is 5.41 Å². The molecule has 6 N–H and O–H groups in total. The van der Waals surface area contributed by atoms with Gasteiger partial charge in [0.25, 0.3) is 5.91 Å². The molecule has 2 aliphatic heterocycles. The van der Waals surface area contributed by atoms with Gasteiger partial charge in [-0.3, -0.25) is 24.6 Å². The van der Waals surface area contributed by atoms with Crippen molar-refractivity contribution >= 4 is 45.9 Å². The third-order valence-electron chi connectivity index (χ3n) is 6.89. The molecule has 15 heteroatoms. The fraction of sp³-hybridized carbons (Fsp3) is 0.680. The lowest BCUT2D eigenvalue weighted by Gasteiger charge is -2.31. The van der Waals surface area contributed by atoms with Crippen molar-refractivity contribution in [2.24, 2.45) is 11.7 Å². The number of nitrogens with zero attached hydrogens (tertiary/aromatic N) is 3. The number of hydrogen-bond acceptors (Lipinski definition) is 9. The van der Waals surface area contributed by atoms with E-state index in [2.05, 4.69) is 20.9 Å². The van der Waals surface area contributed by atoms with Crippen molar-refractivity contribution < 1.29 is 28.3 Å². The van der Waals surface area contributed by atoms with Crippen LogP contribution in [0.4, 0.5) is 9.52 Å².